The molecule has 0 bridgehead atoms. The van der Waals surface area contributed by atoms with Gasteiger partial charge in [-0.1, -0.05) is 19.9 Å². The van der Waals surface area contributed by atoms with Gasteiger partial charge in [0, 0.05) is 6.04 Å². The molecule has 144 valence electrons. The molecule has 2 amide bonds. The number of nitrogens with zero attached hydrogens (tertiary/aromatic N) is 2. The van der Waals surface area contributed by atoms with E-state index in [2.05, 4.69) is 24.1 Å². The van der Waals surface area contributed by atoms with Crippen LogP contribution in [0.2, 0.25) is 0 Å². The average molecular weight is 361 g/mol. The molecule has 0 radical (unpaired) electrons. The summed E-state index contributed by atoms with van der Waals surface area (Å²) in [7, 11) is 0. The van der Waals surface area contributed by atoms with Gasteiger partial charge in [-0.25, -0.2) is 0 Å². The van der Waals surface area contributed by atoms with Crippen molar-refractivity contribution in [3.8, 4) is 5.75 Å². The highest BCUT2D eigenvalue weighted by atomic mass is 16.5. The van der Waals surface area contributed by atoms with Gasteiger partial charge in [0.1, 0.15) is 12.3 Å². The minimum absolute atomic E-state index is 0.0250. The fourth-order valence-electron chi connectivity index (χ4n) is 3.18. The lowest BCUT2D eigenvalue weighted by atomic mass is 10.1. The molecule has 1 atom stereocenters. The summed E-state index contributed by atoms with van der Waals surface area (Å²) in [5.41, 5.74) is 1.70. The normalized spacial score (nSPS) is 14.8. The van der Waals surface area contributed by atoms with Crippen molar-refractivity contribution in [3.63, 3.8) is 0 Å². The molecule has 0 saturated heterocycles. The molecule has 6 heteroatoms. The molecule has 0 aliphatic carbocycles. The Labute approximate surface area is 156 Å². The summed E-state index contributed by atoms with van der Waals surface area (Å²) < 4.78 is 5.45. The van der Waals surface area contributed by atoms with Gasteiger partial charge in [0.25, 0.3) is 5.91 Å². The number of ether oxygens (including phenoxy) is 1. The Morgan fingerprint density at radius 2 is 2.08 bits per heavy atom. The van der Waals surface area contributed by atoms with Crippen molar-refractivity contribution in [2.45, 2.75) is 46.6 Å². The van der Waals surface area contributed by atoms with Crippen molar-refractivity contribution in [1.29, 1.82) is 0 Å². The van der Waals surface area contributed by atoms with E-state index in [0.717, 1.165) is 38.0 Å². The molecule has 26 heavy (non-hydrogen) atoms. The van der Waals surface area contributed by atoms with Crippen LogP contribution in [0.15, 0.2) is 18.2 Å². The summed E-state index contributed by atoms with van der Waals surface area (Å²) in [5, 5.41) is 3.01. The van der Waals surface area contributed by atoms with Crippen LogP contribution in [0.3, 0.4) is 0 Å². The van der Waals surface area contributed by atoms with Crippen molar-refractivity contribution in [3.05, 3.63) is 23.8 Å². The Hall–Kier alpha value is -2.08. The van der Waals surface area contributed by atoms with Crippen LogP contribution in [-0.2, 0) is 9.59 Å². The first-order valence-corrected chi connectivity index (χ1v) is 9.50. The smallest absolute Gasteiger partial charge is 0.265 e. The molecule has 1 aromatic rings. The molecular weight excluding hydrogens is 330 g/mol. The van der Waals surface area contributed by atoms with Crippen LogP contribution in [0.5, 0.6) is 5.75 Å². The molecule has 1 aromatic carbocycles. The number of benzene rings is 1. The van der Waals surface area contributed by atoms with Crippen molar-refractivity contribution in [2.24, 2.45) is 0 Å². The Balaban J connectivity index is 1.87. The number of nitrogens with one attached hydrogen (secondary N) is 1. The third kappa shape index (κ3) is 5.46. The summed E-state index contributed by atoms with van der Waals surface area (Å²) in [4.78, 5) is 28.5. The molecule has 1 aliphatic heterocycles. The van der Waals surface area contributed by atoms with Crippen molar-refractivity contribution in [2.75, 3.05) is 37.7 Å². The molecule has 0 spiro atoms. The van der Waals surface area contributed by atoms with Crippen LogP contribution in [0.1, 0.15) is 39.2 Å². The van der Waals surface area contributed by atoms with Gasteiger partial charge in [-0.05, 0) is 64.0 Å². The lowest BCUT2D eigenvalue weighted by Gasteiger charge is -2.29. The largest absolute Gasteiger partial charge is 0.482 e. The highest BCUT2D eigenvalue weighted by Gasteiger charge is 2.27. The number of fused-ring (bicyclic) bond motifs is 1. The lowest BCUT2D eigenvalue weighted by Crippen LogP contribution is -2.47. The van der Waals surface area contributed by atoms with E-state index in [1.54, 1.807) is 0 Å². The number of carbonyl (C=O) groups is 2. The van der Waals surface area contributed by atoms with Gasteiger partial charge < -0.3 is 15.0 Å². The summed E-state index contributed by atoms with van der Waals surface area (Å²) in [6.45, 7) is 11.4. The molecule has 6 nitrogen and oxygen atoms in total. The molecular formula is C20H31N3O3. The van der Waals surface area contributed by atoms with E-state index < -0.39 is 0 Å². The number of carbonyl (C=O) groups excluding carboxylic acids is 2. The van der Waals surface area contributed by atoms with E-state index in [0.29, 0.717) is 11.4 Å². The van der Waals surface area contributed by atoms with E-state index in [1.807, 2.05) is 32.0 Å². The number of hydrogen-bond acceptors (Lipinski definition) is 4. The zero-order chi connectivity index (χ0) is 19.1. The first-order valence-electron chi connectivity index (χ1n) is 9.50. The Morgan fingerprint density at radius 3 is 2.77 bits per heavy atom. The van der Waals surface area contributed by atoms with Gasteiger partial charge in [0.05, 0.1) is 5.69 Å². The first-order chi connectivity index (χ1) is 12.4. The minimum Gasteiger partial charge on any atom is -0.482 e. The molecule has 0 unspecified atom stereocenters. The average Bonchev–Trinajstić information content (AvgIpc) is 2.61. The minimum atomic E-state index is -0.188. The Morgan fingerprint density at radius 1 is 1.35 bits per heavy atom. The SMILES string of the molecule is CCN(CC)CCC[C@H](C)NC(=O)CN1C(=O)COc2ccc(C)cc21. The summed E-state index contributed by atoms with van der Waals surface area (Å²) in [5.74, 6) is 0.325. The number of aryl methyl sites for hydroxylation is 1. The monoisotopic (exact) mass is 361 g/mol. The molecule has 0 saturated carbocycles. The molecule has 0 fully saturated rings. The van der Waals surface area contributed by atoms with Crippen LogP contribution >= 0.6 is 0 Å². The van der Waals surface area contributed by atoms with Crippen molar-refractivity contribution in [1.82, 2.24) is 10.2 Å². The maximum atomic E-state index is 12.4. The standard InChI is InChI=1S/C20H31N3O3/c1-5-22(6-2)11-7-8-16(4)21-19(24)13-23-17-12-15(3)9-10-18(17)26-14-20(23)25/h9-10,12,16H,5-8,11,13-14H2,1-4H3,(H,21,24)/t16-/m0/s1. The van der Waals surface area contributed by atoms with E-state index in [4.69, 9.17) is 4.74 Å². The fourth-order valence-corrected chi connectivity index (χ4v) is 3.18. The third-order valence-corrected chi connectivity index (χ3v) is 4.77. The first kappa shape index (κ1) is 20.2. The lowest BCUT2D eigenvalue weighted by molar-refractivity contribution is -0.125. The number of anilines is 1. The molecule has 2 rings (SSSR count). The summed E-state index contributed by atoms with van der Waals surface area (Å²) >= 11 is 0. The van der Waals surface area contributed by atoms with Gasteiger partial charge >= 0.3 is 0 Å². The number of amides is 2. The maximum Gasteiger partial charge on any atom is 0.265 e. The second-order valence-electron chi connectivity index (χ2n) is 6.88. The second kappa shape index (κ2) is 9.57. The van der Waals surface area contributed by atoms with Crippen LogP contribution in [0, 0.1) is 6.92 Å². The van der Waals surface area contributed by atoms with E-state index >= 15 is 0 Å². The molecule has 0 aromatic heterocycles. The van der Waals surface area contributed by atoms with Crippen molar-refractivity contribution >= 4 is 17.5 Å². The fraction of sp³-hybridized carbons (Fsp3) is 0.600. The van der Waals surface area contributed by atoms with Gasteiger partial charge in [-0.15, -0.1) is 0 Å². The van der Waals surface area contributed by atoms with Crippen LogP contribution in [-0.4, -0.2) is 55.5 Å². The van der Waals surface area contributed by atoms with Crippen molar-refractivity contribution < 1.29 is 14.3 Å². The van der Waals surface area contributed by atoms with Gasteiger partial charge in [0.2, 0.25) is 5.91 Å². The Kier molecular flexibility index (Phi) is 7.45. The maximum absolute atomic E-state index is 12.4. The Bertz CT molecular complexity index is 629. The molecule has 1 N–H and O–H groups in total. The summed E-state index contributed by atoms with van der Waals surface area (Å²) in [6.07, 6.45) is 1.97. The van der Waals surface area contributed by atoms with E-state index in [-0.39, 0.29) is 31.0 Å². The van der Waals surface area contributed by atoms with E-state index in [1.165, 1.54) is 4.90 Å². The predicted molar refractivity (Wildman–Crippen MR) is 104 cm³/mol. The van der Waals surface area contributed by atoms with Crippen LogP contribution < -0.4 is 15.0 Å². The van der Waals surface area contributed by atoms with Gasteiger partial charge in [-0.2, -0.15) is 0 Å². The van der Waals surface area contributed by atoms with Crippen LogP contribution in [0.4, 0.5) is 5.69 Å². The number of rotatable bonds is 9. The van der Waals surface area contributed by atoms with E-state index in [9.17, 15) is 9.59 Å². The van der Waals surface area contributed by atoms with Gasteiger partial charge in [0.15, 0.2) is 6.61 Å². The third-order valence-electron chi connectivity index (χ3n) is 4.77. The van der Waals surface area contributed by atoms with Crippen LogP contribution in [0.25, 0.3) is 0 Å². The molecule has 1 aliphatic rings. The molecule has 1 heterocycles. The topological polar surface area (TPSA) is 61.9 Å². The quantitative estimate of drug-likeness (QED) is 0.733. The highest BCUT2D eigenvalue weighted by Crippen LogP contribution is 2.32. The second-order valence-corrected chi connectivity index (χ2v) is 6.88. The summed E-state index contributed by atoms with van der Waals surface area (Å²) in [6, 6.07) is 5.75. The zero-order valence-electron chi connectivity index (χ0n) is 16.4. The zero-order valence-corrected chi connectivity index (χ0v) is 16.4. The highest BCUT2D eigenvalue weighted by molar-refractivity contribution is 6.02. The van der Waals surface area contributed by atoms with Gasteiger partial charge in [-0.3, -0.25) is 14.5 Å². The predicted octanol–water partition coefficient (Wildman–Crippen LogP) is 2.35. The number of hydrogen-bond donors (Lipinski definition) is 1.